The molecular weight excluding hydrogens is 272 g/mol. The fraction of sp³-hybridized carbons (Fsp3) is 0.632. The Balaban J connectivity index is 1.58. The van der Waals surface area contributed by atoms with E-state index in [0.717, 1.165) is 39.0 Å². The van der Waals surface area contributed by atoms with Crippen LogP contribution in [-0.4, -0.2) is 41.4 Å². The maximum absolute atomic E-state index is 12.1. The number of benzene rings is 1. The molecule has 2 aliphatic heterocycles. The van der Waals surface area contributed by atoms with Crippen molar-refractivity contribution in [3.8, 4) is 0 Å². The lowest BCUT2D eigenvalue weighted by Gasteiger charge is -2.48. The number of hydrogen-bond donors (Lipinski definition) is 0. The van der Waals surface area contributed by atoms with E-state index in [4.69, 9.17) is 0 Å². The van der Waals surface area contributed by atoms with Gasteiger partial charge < -0.3 is 4.90 Å². The fourth-order valence-electron chi connectivity index (χ4n) is 3.95. The van der Waals surface area contributed by atoms with Crippen LogP contribution in [0, 0.1) is 5.41 Å². The summed E-state index contributed by atoms with van der Waals surface area (Å²) in [6, 6.07) is 11.1. The quantitative estimate of drug-likeness (QED) is 0.855. The van der Waals surface area contributed by atoms with Crippen LogP contribution < -0.4 is 0 Å². The summed E-state index contributed by atoms with van der Waals surface area (Å²) in [5, 5.41) is 0. The zero-order valence-corrected chi connectivity index (χ0v) is 13.9. The van der Waals surface area contributed by atoms with Crippen molar-refractivity contribution in [2.45, 2.75) is 52.1 Å². The minimum Gasteiger partial charge on any atom is -0.340 e. The van der Waals surface area contributed by atoms with Gasteiger partial charge >= 0.3 is 0 Å². The van der Waals surface area contributed by atoms with Gasteiger partial charge in [-0.05, 0) is 57.2 Å². The maximum atomic E-state index is 12.1. The van der Waals surface area contributed by atoms with Gasteiger partial charge in [0.1, 0.15) is 0 Å². The molecule has 2 aliphatic rings. The third-order valence-corrected chi connectivity index (χ3v) is 5.48. The molecule has 0 atom stereocenters. The van der Waals surface area contributed by atoms with Crippen molar-refractivity contribution >= 4 is 5.91 Å². The first-order chi connectivity index (χ1) is 10.6. The second-order valence-corrected chi connectivity index (χ2v) is 7.38. The highest BCUT2D eigenvalue weighted by atomic mass is 16.2. The molecule has 3 nitrogen and oxygen atoms in total. The Morgan fingerprint density at radius 2 is 1.77 bits per heavy atom. The fourth-order valence-corrected chi connectivity index (χ4v) is 3.95. The van der Waals surface area contributed by atoms with Gasteiger partial charge in [-0.25, -0.2) is 0 Å². The highest BCUT2D eigenvalue weighted by Crippen LogP contribution is 2.40. The van der Waals surface area contributed by atoms with E-state index in [1.165, 1.54) is 18.4 Å². The van der Waals surface area contributed by atoms with Crippen LogP contribution >= 0.6 is 0 Å². The molecule has 0 bridgehead atoms. The number of likely N-dealkylation sites (tertiary alicyclic amines) is 2. The van der Waals surface area contributed by atoms with E-state index in [0.29, 0.717) is 17.4 Å². The summed E-state index contributed by atoms with van der Waals surface area (Å²) in [4.78, 5) is 16.8. The zero-order valence-electron chi connectivity index (χ0n) is 13.9. The molecule has 1 aromatic rings. The molecule has 0 unspecified atom stereocenters. The van der Waals surface area contributed by atoms with Gasteiger partial charge in [-0.3, -0.25) is 9.69 Å². The highest BCUT2D eigenvalue weighted by molar-refractivity contribution is 5.77. The molecule has 2 saturated heterocycles. The SMILES string of the molecule is CC(C)N1CC2(CCC1=O)CCN(Cc1ccccc1)CC2. The number of nitrogens with zero attached hydrogens (tertiary/aromatic N) is 2. The largest absolute Gasteiger partial charge is 0.340 e. The molecule has 0 saturated carbocycles. The third-order valence-electron chi connectivity index (χ3n) is 5.48. The Hall–Kier alpha value is -1.35. The Kier molecular flexibility index (Phi) is 4.53. The smallest absolute Gasteiger partial charge is 0.222 e. The van der Waals surface area contributed by atoms with Crippen molar-refractivity contribution < 1.29 is 4.79 Å². The third kappa shape index (κ3) is 3.35. The lowest BCUT2D eigenvalue weighted by atomic mass is 9.72. The van der Waals surface area contributed by atoms with Gasteiger partial charge in [-0.1, -0.05) is 30.3 Å². The first-order valence-corrected chi connectivity index (χ1v) is 8.64. The Labute approximate surface area is 134 Å². The summed E-state index contributed by atoms with van der Waals surface area (Å²) in [5.41, 5.74) is 1.78. The number of hydrogen-bond acceptors (Lipinski definition) is 2. The van der Waals surface area contributed by atoms with Crippen molar-refractivity contribution in [2.24, 2.45) is 5.41 Å². The Morgan fingerprint density at radius 3 is 2.41 bits per heavy atom. The summed E-state index contributed by atoms with van der Waals surface area (Å²) in [7, 11) is 0. The molecule has 2 heterocycles. The van der Waals surface area contributed by atoms with E-state index in [1.54, 1.807) is 0 Å². The molecule has 1 aromatic carbocycles. The van der Waals surface area contributed by atoms with Gasteiger partial charge in [0.15, 0.2) is 0 Å². The van der Waals surface area contributed by atoms with Gasteiger partial charge in [0.2, 0.25) is 5.91 Å². The van der Waals surface area contributed by atoms with Crippen LogP contribution in [0.3, 0.4) is 0 Å². The topological polar surface area (TPSA) is 23.6 Å². The van der Waals surface area contributed by atoms with E-state index in [2.05, 4.69) is 54.0 Å². The maximum Gasteiger partial charge on any atom is 0.222 e. The lowest BCUT2D eigenvalue weighted by molar-refractivity contribution is -0.141. The minimum atomic E-state index is 0.340. The molecule has 120 valence electrons. The van der Waals surface area contributed by atoms with Gasteiger partial charge in [0.05, 0.1) is 0 Å². The first kappa shape index (κ1) is 15.5. The predicted molar refractivity (Wildman–Crippen MR) is 89.5 cm³/mol. The van der Waals surface area contributed by atoms with Crippen molar-refractivity contribution in [1.29, 1.82) is 0 Å². The number of piperidine rings is 2. The van der Waals surface area contributed by atoms with Crippen LogP contribution in [0.5, 0.6) is 0 Å². The molecule has 3 rings (SSSR count). The van der Waals surface area contributed by atoms with Crippen molar-refractivity contribution in [1.82, 2.24) is 9.80 Å². The summed E-state index contributed by atoms with van der Waals surface area (Å²) >= 11 is 0. The average molecular weight is 300 g/mol. The van der Waals surface area contributed by atoms with Crippen LogP contribution in [0.4, 0.5) is 0 Å². The molecule has 0 aromatic heterocycles. The van der Waals surface area contributed by atoms with Crippen molar-refractivity contribution in [3.63, 3.8) is 0 Å². The first-order valence-electron chi connectivity index (χ1n) is 8.64. The summed E-state index contributed by atoms with van der Waals surface area (Å²) < 4.78 is 0. The Morgan fingerprint density at radius 1 is 1.09 bits per heavy atom. The number of amides is 1. The second-order valence-electron chi connectivity index (χ2n) is 7.38. The van der Waals surface area contributed by atoms with Gasteiger partial charge in [0.25, 0.3) is 0 Å². The van der Waals surface area contributed by atoms with Crippen LogP contribution in [0.1, 0.15) is 45.1 Å². The molecule has 22 heavy (non-hydrogen) atoms. The monoisotopic (exact) mass is 300 g/mol. The molecule has 1 amide bonds. The van der Waals surface area contributed by atoms with Crippen LogP contribution in [0.15, 0.2) is 30.3 Å². The van der Waals surface area contributed by atoms with E-state index < -0.39 is 0 Å². The minimum absolute atomic E-state index is 0.340. The summed E-state index contributed by atoms with van der Waals surface area (Å²) in [6.07, 6.45) is 4.30. The highest BCUT2D eigenvalue weighted by Gasteiger charge is 2.41. The zero-order chi connectivity index (χ0) is 15.6. The average Bonchev–Trinajstić information content (AvgIpc) is 2.53. The summed E-state index contributed by atoms with van der Waals surface area (Å²) in [5.74, 6) is 0.354. The normalized spacial score (nSPS) is 22.5. The van der Waals surface area contributed by atoms with E-state index in [-0.39, 0.29) is 0 Å². The van der Waals surface area contributed by atoms with Crippen LogP contribution in [0.2, 0.25) is 0 Å². The van der Waals surface area contributed by atoms with Crippen LogP contribution in [0.25, 0.3) is 0 Å². The van der Waals surface area contributed by atoms with Gasteiger partial charge in [0, 0.05) is 25.6 Å². The number of rotatable bonds is 3. The van der Waals surface area contributed by atoms with Crippen molar-refractivity contribution in [3.05, 3.63) is 35.9 Å². The molecular formula is C19H28N2O. The van der Waals surface area contributed by atoms with E-state index in [9.17, 15) is 4.79 Å². The van der Waals surface area contributed by atoms with Crippen LogP contribution in [-0.2, 0) is 11.3 Å². The van der Waals surface area contributed by atoms with E-state index >= 15 is 0 Å². The Bertz CT molecular complexity index is 503. The van der Waals surface area contributed by atoms with Gasteiger partial charge in [-0.2, -0.15) is 0 Å². The predicted octanol–water partition coefficient (Wildman–Crippen LogP) is 3.30. The summed E-state index contributed by atoms with van der Waals surface area (Å²) in [6.45, 7) is 8.64. The second kappa shape index (κ2) is 6.41. The molecule has 0 N–H and O–H groups in total. The van der Waals surface area contributed by atoms with Crippen molar-refractivity contribution in [2.75, 3.05) is 19.6 Å². The van der Waals surface area contributed by atoms with Gasteiger partial charge in [-0.15, -0.1) is 0 Å². The molecule has 2 fully saturated rings. The molecule has 1 spiro atoms. The van der Waals surface area contributed by atoms with E-state index in [1.807, 2.05) is 0 Å². The molecule has 0 radical (unpaired) electrons. The number of carbonyl (C=O) groups excluding carboxylic acids is 1. The standard InChI is InChI=1S/C19H28N2O/c1-16(2)21-15-19(9-8-18(21)22)10-12-20(13-11-19)14-17-6-4-3-5-7-17/h3-7,16H,8-15H2,1-2H3. The lowest BCUT2D eigenvalue weighted by Crippen LogP contribution is -2.53. The molecule has 0 aliphatic carbocycles. The molecule has 3 heteroatoms. The number of carbonyl (C=O) groups is 1.